The standard InChI is InChI=1S/C54H40N8/c1-4-60-49-41-23-33-15-7-8-16-34(33)24-42(41)50(60)58-54-46-28-38-20-12-11-19-37(38)27-45(46)53-56-48-40-22-32-14-6-5-13-31(32)21-39(40)47(59(48)3)55-51-43-25-35-17-9-10-18-36(35)26-44(43)52(57-49)61(51)29-30(2)62(53)54/h5-28,30,43-44H,4,29H2,1-3H3/q+2. The van der Waals surface area contributed by atoms with Gasteiger partial charge in [-0.1, -0.05) is 129 Å². The fourth-order valence-electron chi connectivity index (χ4n) is 11.1. The van der Waals surface area contributed by atoms with Crippen molar-refractivity contribution in [3.63, 3.8) is 0 Å². The van der Waals surface area contributed by atoms with Gasteiger partial charge in [0.1, 0.15) is 12.6 Å². The molecule has 6 bridgehead atoms. The average molecular weight is 801 g/mol. The minimum absolute atomic E-state index is 0.0415. The molecule has 0 fully saturated rings. The van der Waals surface area contributed by atoms with Crippen molar-refractivity contribution >= 4 is 101 Å². The number of rotatable bonds is 1. The van der Waals surface area contributed by atoms with E-state index in [4.69, 9.17) is 20.0 Å². The summed E-state index contributed by atoms with van der Waals surface area (Å²) >= 11 is 0. The van der Waals surface area contributed by atoms with E-state index in [0.29, 0.717) is 13.1 Å². The van der Waals surface area contributed by atoms with Crippen molar-refractivity contribution in [1.82, 2.24) is 9.13 Å². The van der Waals surface area contributed by atoms with Crippen LogP contribution in [-0.2, 0) is 13.6 Å². The van der Waals surface area contributed by atoms with Crippen LogP contribution in [0.15, 0.2) is 153 Å². The predicted molar refractivity (Wildman–Crippen MR) is 251 cm³/mol. The molecule has 3 unspecified atom stereocenters. The normalized spacial score (nSPS) is 19.6. The third-order valence-electron chi connectivity index (χ3n) is 14.0. The van der Waals surface area contributed by atoms with Gasteiger partial charge in [0.15, 0.2) is 0 Å². The van der Waals surface area contributed by atoms with Crippen molar-refractivity contribution in [2.24, 2.45) is 38.9 Å². The summed E-state index contributed by atoms with van der Waals surface area (Å²) in [5, 5.41) is 13.9. The van der Waals surface area contributed by atoms with Gasteiger partial charge in [0.2, 0.25) is 34.3 Å². The quantitative estimate of drug-likeness (QED) is 0.152. The van der Waals surface area contributed by atoms with Crippen LogP contribution in [0.3, 0.4) is 0 Å². The van der Waals surface area contributed by atoms with E-state index in [2.05, 4.69) is 185 Å². The summed E-state index contributed by atoms with van der Waals surface area (Å²) in [7, 11) is 2.13. The first-order valence-corrected chi connectivity index (χ1v) is 21.8. The van der Waals surface area contributed by atoms with E-state index in [0.717, 1.165) is 78.6 Å². The zero-order valence-electron chi connectivity index (χ0n) is 34.6. The van der Waals surface area contributed by atoms with E-state index in [-0.39, 0.29) is 17.9 Å². The number of nitrogens with zero attached hydrogens (tertiary/aromatic N) is 8. The maximum atomic E-state index is 5.92. The molecule has 6 heterocycles. The second kappa shape index (κ2) is 12.3. The first kappa shape index (κ1) is 34.2. The molecule has 5 aliphatic rings. The van der Waals surface area contributed by atoms with Gasteiger partial charge >= 0.3 is 0 Å². The summed E-state index contributed by atoms with van der Waals surface area (Å²) in [5.41, 5.74) is 3.93. The summed E-state index contributed by atoms with van der Waals surface area (Å²) in [6.45, 7) is 5.86. The van der Waals surface area contributed by atoms with Crippen LogP contribution in [0.1, 0.15) is 25.0 Å². The number of aromatic nitrogens is 2. The highest BCUT2D eigenvalue weighted by Gasteiger charge is 2.48. The molecule has 2 aromatic heterocycles. The van der Waals surface area contributed by atoms with Crippen molar-refractivity contribution < 1.29 is 9.15 Å². The molecule has 9 aromatic rings. The Balaban J connectivity index is 1.23. The SMILES string of the molecule is CCn1c2c3cc4ccccc4cc3c1N=C1c3cc4ccccc4cc3C3=[N+]1C(C)C[N+]1=C(N=c4c5cc6ccccc6cc5c(n4C)=N3)C3C=c4ccccc4=CC3C1=N2. The molecule has 0 saturated heterocycles. The number of fused-ring (bicyclic) bond motifs is 21. The third-order valence-corrected chi connectivity index (χ3v) is 14.0. The van der Waals surface area contributed by atoms with E-state index in [1.807, 2.05) is 0 Å². The molecule has 0 amide bonds. The van der Waals surface area contributed by atoms with Gasteiger partial charge in [0, 0.05) is 35.1 Å². The van der Waals surface area contributed by atoms with Crippen LogP contribution in [0.4, 0.5) is 11.6 Å². The van der Waals surface area contributed by atoms with E-state index in [1.54, 1.807) is 0 Å². The molecule has 0 radical (unpaired) electrons. The van der Waals surface area contributed by atoms with Gasteiger partial charge in [-0.05, 0) is 93.0 Å². The molecule has 14 rings (SSSR count). The van der Waals surface area contributed by atoms with Crippen LogP contribution in [0, 0.1) is 11.8 Å². The second-order valence-corrected chi connectivity index (χ2v) is 17.5. The lowest BCUT2D eigenvalue weighted by Crippen LogP contribution is -2.39. The summed E-state index contributed by atoms with van der Waals surface area (Å²) in [5.74, 6) is 5.56. The van der Waals surface area contributed by atoms with Gasteiger partial charge in [0.25, 0.3) is 11.7 Å². The smallest absolute Gasteiger partial charge is 0.273 e. The second-order valence-electron chi connectivity index (χ2n) is 17.5. The van der Waals surface area contributed by atoms with E-state index in [9.17, 15) is 0 Å². The van der Waals surface area contributed by atoms with Gasteiger partial charge in [-0.2, -0.15) is 0 Å². The molecule has 8 heteroatoms. The van der Waals surface area contributed by atoms with Crippen molar-refractivity contribution in [1.29, 1.82) is 0 Å². The zero-order valence-corrected chi connectivity index (χ0v) is 34.6. The number of amidine groups is 4. The monoisotopic (exact) mass is 800 g/mol. The van der Waals surface area contributed by atoms with Crippen molar-refractivity contribution in [2.45, 2.75) is 26.4 Å². The minimum atomic E-state index is -0.0853. The maximum absolute atomic E-state index is 5.92. The zero-order chi connectivity index (χ0) is 41.0. The summed E-state index contributed by atoms with van der Waals surface area (Å²) < 4.78 is 9.45. The van der Waals surface area contributed by atoms with Crippen LogP contribution in [0.2, 0.25) is 0 Å². The van der Waals surface area contributed by atoms with Crippen molar-refractivity contribution in [3.05, 3.63) is 166 Å². The highest BCUT2D eigenvalue weighted by molar-refractivity contribution is 6.19. The van der Waals surface area contributed by atoms with Gasteiger partial charge < -0.3 is 0 Å². The highest BCUT2D eigenvalue weighted by atomic mass is 15.3. The number of aliphatic imine (C=N–C) groups is 2. The molecule has 0 saturated carbocycles. The van der Waals surface area contributed by atoms with Crippen LogP contribution < -0.4 is 21.4 Å². The minimum Gasteiger partial charge on any atom is -0.285 e. The molecular weight excluding hydrogens is 761 g/mol. The first-order chi connectivity index (χ1) is 30.5. The molecule has 8 nitrogen and oxygen atoms in total. The molecule has 0 spiro atoms. The summed E-state index contributed by atoms with van der Waals surface area (Å²) in [6, 6.07) is 48.5. The third kappa shape index (κ3) is 4.56. The Hall–Kier alpha value is -7.58. The largest absolute Gasteiger partial charge is 0.285 e. The first-order valence-electron chi connectivity index (χ1n) is 21.8. The van der Waals surface area contributed by atoms with E-state index in [1.165, 1.54) is 42.8 Å². The van der Waals surface area contributed by atoms with Crippen LogP contribution in [-0.4, -0.2) is 54.2 Å². The van der Waals surface area contributed by atoms with E-state index >= 15 is 0 Å². The van der Waals surface area contributed by atoms with Crippen LogP contribution >= 0.6 is 0 Å². The van der Waals surface area contributed by atoms with Crippen LogP contribution in [0.5, 0.6) is 0 Å². The number of hydrogen-bond donors (Lipinski definition) is 0. The summed E-state index contributed by atoms with van der Waals surface area (Å²) in [4.78, 5) is 23.5. The molecule has 294 valence electrons. The van der Waals surface area contributed by atoms with Gasteiger partial charge in [-0.3, -0.25) is 9.13 Å². The Morgan fingerprint density at radius 1 is 0.565 bits per heavy atom. The van der Waals surface area contributed by atoms with Crippen molar-refractivity contribution in [2.75, 3.05) is 6.54 Å². The van der Waals surface area contributed by atoms with E-state index < -0.39 is 0 Å². The lowest BCUT2D eigenvalue weighted by atomic mass is 9.87. The van der Waals surface area contributed by atoms with Gasteiger partial charge in [-0.15, -0.1) is 0 Å². The molecule has 62 heavy (non-hydrogen) atoms. The fraction of sp³-hybridized carbons (Fsp3) is 0.148. The molecular formula is C54H40N8+2. The highest BCUT2D eigenvalue weighted by Crippen LogP contribution is 2.43. The topological polar surface area (TPSA) is 65.3 Å². The number of benzene rings is 7. The van der Waals surface area contributed by atoms with Crippen molar-refractivity contribution in [3.8, 4) is 0 Å². The predicted octanol–water partition coefficient (Wildman–Crippen LogP) is 7.78. The number of hydrogen-bond acceptors (Lipinski definition) is 4. The van der Waals surface area contributed by atoms with Crippen LogP contribution in [0.25, 0.3) is 66.0 Å². The Labute approximate surface area is 355 Å². The maximum Gasteiger partial charge on any atom is 0.273 e. The lowest BCUT2D eigenvalue weighted by Gasteiger charge is -2.16. The Morgan fingerprint density at radius 3 is 1.66 bits per heavy atom. The summed E-state index contributed by atoms with van der Waals surface area (Å²) in [6.07, 6.45) is 4.88. The Kier molecular flexibility index (Phi) is 6.76. The lowest BCUT2D eigenvalue weighted by molar-refractivity contribution is -0.518. The molecule has 0 N–H and O–H groups in total. The molecule has 1 aliphatic carbocycles. The Morgan fingerprint density at radius 2 is 1.06 bits per heavy atom. The molecule has 7 aromatic carbocycles. The fourth-order valence-corrected chi connectivity index (χ4v) is 11.1. The van der Waals surface area contributed by atoms with Gasteiger partial charge in [0.05, 0.1) is 23.0 Å². The van der Waals surface area contributed by atoms with Gasteiger partial charge in [-0.25, -0.2) is 9.15 Å². The molecule has 3 atom stereocenters. The molecule has 4 aliphatic heterocycles. The Bertz CT molecular complexity index is 3990. The average Bonchev–Trinajstić information content (AvgIpc) is 3.93.